The highest BCUT2D eigenvalue weighted by Gasteiger charge is 2.08. The summed E-state index contributed by atoms with van der Waals surface area (Å²) in [5, 5.41) is 0.806. The maximum absolute atomic E-state index is 5.98. The van der Waals surface area contributed by atoms with Gasteiger partial charge in [0.2, 0.25) is 0 Å². The minimum absolute atomic E-state index is 0.133. The zero-order chi connectivity index (χ0) is 12.7. The molecule has 0 spiro atoms. The molecular formula is C13H19ClO2S. The highest BCUT2D eigenvalue weighted by molar-refractivity contribution is 7.99. The number of ether oxygens (including phenoxy) is 2. The van der Waals surface area contributed by atoms with E-state index in [0.29, 0.717) is 13.2 Å². The third-order valence-electron chi connectivity index (χ3n) is 2.22. The van der Waals surface area contributed by atoms with Crippen molar-refractivity contribution >= 4 is 23.4 Å². The van der Waals surface area contributed by atoms with Gasteiger partial charge in [-0.15, -0.1) is 11.8 Å². The van der Waals surface area contributed by atoms with E-state index in [2.05, 4.69) is 6.07 Å². The van der Waals surface area contributed by atoms with Gasteiger partial charge in [0.1, 0.15) is 0 Å². The second-order valence-corrected chi connectivity index (χ2v) is 5.06. The molecular weight excluding hydrogens is 256 g/mol. The van der Waals surface area contributed by atoms with Crippen LogP contribution in [-0.4, -0.2) is 25.3 Å². The smallest absolute Gasteiger partial charge is 0.166 e. The first kappa shape index (κ1) is 14.8. The van der Waals surface area contributed by atoms with E-state index in [1.54, 1.807) is 11.8 Å². The van der Waals surface area contributed by atoms with Gasteiger partial charge in [-0.05, 0) is 44.5 Å². The molecule has 0 bridgehead atoms. The van der Waals surface area contributed by atoms with Crippen LogP contribution in [0.3, 0.4) is 0 Å². The van der Waals surface area contributed by atoms with Crippen LogP contribution in [0, 0.1) is 6.92 Å². The van der Waals surface area contributed by atoms with Crippen LogP contribution in [0.5, 0.6) is 0 Å². The minimum Gasteiger partial charge on any atom is -0.352 e. The lowest BCUT2D eigenvalue weighted by Gasteiger charge is -2.16. The highest BCUT2D eigenvalue weighted by Crippen LogP contribution is 2.25. The Labute approximate surface area is 113 Å². The Hall–Kier alpha value is -0.220. The van der Waals surface area contributed by atoms with E-state index in [1.807, 2.05) is 32.9 Å². The van der Waals surface area contributed by atoms with E-state index in [-0.39, 0.29) is 6.29 Å². The normalized spacial score (nSPS) is 11.1. The summed E-state index contributed by atoms with van der Waals surface area (Å²) >= 11 is 7.71. The largest absolute Gasteiger partial charge is 0.352 e. The Bertz CT molecular complexity index is 338. The van der Waals surface area contributed by atoms with Gasteiger partial charge in [-0.25, -0.2) is 0 Å². The molecule has 17 heavy (non-hydrogen) atoms. The van der Waals surface area contributed by atoms with Gasteiger partial charge >= 0.3 is 0 Å². The van der Waals surface area contributed by atoms with Gasteiger partial charge in [-0.2, -0.15) is 0 Å². The highest BCUT2D eigenvalue weighted by atomic mass is 35.5. The topological polar surface area (TPSA) is 18.5 Å². The molecule has 96 valence electrons. The molecule has 0 aliphatic carbocycles. The van der Waals surface area contributed by atoms with Crippen molar-refractivity contribution in [3.63, 3.8) is 0 Å². The van der Waals surface area contributed by atoms with Crippen molar-refractivity contribution in [1.29, 1.82) is 0 Å². The van der Waals surface area contributed by atoms with Crippen molar-refractivity contribution in [3.8, 4) is 0 Å². The summed E-state index contributed by atoms with van der Waals surface area (Å²) in [6.45, 7) is 7.30. The van der Waals surface area contributed by atoms with Gasteiger partial charge in [-0.1, -0.05) is 11.6 Å². The molecule has 0 fully saturated rings. The third kappa shape index (κ3) is 5.30. The van der Waals surface area contributed by atoms with Crippen LogP contribution in [0.1, 0.15) is 19.4 Å². The zero-order valence-electron chi connectivity index (χ0n) is 10.5. The maximum Gasteiger partial charge on any atom is 0.166 e. The summed E-state index contributed by atoms with van der Waals surface area (Å²) in [4.78, 5) is 1.19. The van der Waals surface area contributed by atoms with Crippen LogP contribution in [-0.2, 0) is 9.47 Å². The average molecular weight is 275 g/mol. The monoisotopic (exact) mass is 274 g/mol. The maximum atomic E-state index is 5.98. The van der Waals surface area contributed by atoms with Crippen molar-refractivity contribution in [2.24, 2.45) is 0 Å². The van der Waals surface area contributed by atoms with E-state index in [0.717, 1.165) is 16.3 Å². The summed E-state index contributed by atoms with van der Waals surface area (Å²) < 4.78 is 11.0. The Morgan fingerprint density at radius 3 is 2.41 bits per heavy atom. The fourth-order valence-electron chi connectivity index (χ4n) is 1.39. The number of hydrogen-bond donors (Lipinski definition) is 0. The molecule has 0 aromatic heterocycles. The molecule has 0 radical (unpaired) electrons. The number of hydrogen-bond acceptors (Lipinski definition) is 3. The summed E-state index contributed by atoms with van der Waals surface area (Å²) in [5.41, 5.74) is 1.10. The number of aryl methyl sites for hydroxylation is 1. The lowest BCUT2D eigenvalue weighted by atomic mass is 10.2. The molecule has 0 unspecified atom stereocenters. The Balaban J connectivity index is 2.49. The first-order valence-electron chi connectivity index (χ1n) is 5.79. The van der Waals surface area contributed by atoms with Crippen molar-refractivity contribution < 1.29 is 9.47 Å². The lowest BCUT2D eigenvalue weighted by molar-refractivity contribution is -0.120. The van der Waals surface area contributed by atoms with Gasteiger partial charge in [-0.3, -0.25) is 0 Å². The fraction of sp³-hybridized carbons (Fsp3) is 0.538. The molecule has 1 aromatic carbocycles. The summed E-state index contributed by atoms with van der Waals surface area (Å²) in [5.74, 6) is 0.794. The first-order chi connectivity index (χ1) is 8.17. The molecule has 0 aliphatic heterocycles. The first-order valence-corrected chi connectivity index (χ1v) is 7.15. The predicted octanol–water partition coefficient (Wildman–Crippen LogP) is 4.14. The van der Waals surface area contributed by atoms with Crippen LogP contribution < -0.4 is 0 Å². The molecule has 0 aliphatic rings. The van der Waals surface area contributed by atoms with Crippen molar-refractivity contribution in [2.45, 2.75) is 32.0 Å². The van der Waals surface area contributed by atoms with Crippen molar-refractivity contribution in [1.82, 2.24) is 0 Å². The number of benzene rings is 1. The van der Waals surface area contributed by atoms with Gasteiger partial charge in [0.15, 0.2) is 6.29 Å². The molecule has 1 aromatic rings. The second kappa shape index (κ2) is 7.98. The predicted molar refractivity (Wildman–Crippen MR) is 74.0 cm³/mol. The molecule has 4 heteroatoms. The molecule has 2 nitrogen and oxygen atoms in total. The van der Waals surface area contributed by atoms with Crippen molar-refractivity contribution in [2.75, 3.05) is 19.0 Å². The lowest BCUT2D eigenvalue weighted by Crippen LogP contribution is -2.19. The molecule has 0 saturated carbocycles. The van der Waals surface area contributed by atoms with Gasteiger partial charge in [0.05, 0.1) is 0 Å². The Kier molecular flexibility index (Phi) is 6.97. The molecule has 0 saturated heterocycles. The van der Waals surface area contributed by atoms with Crippen LogP contribution in [0.2, 0.25) is 5.02 Å². The van der Waals surface area contributed by atoms with Crippen LogP contribution in [0.25, 0.3) is 0 Å². The quantitative estimate of drug-likeness (QED) is 0.550. The summed E-state index contributed by atoms with van der Waals surface area (Å²) in [7, 11) is 0. The number of thioether (sulfide) groups is 1. The number of halogens is 1. The van der Waals surface area contributed by atoms with E-state index in [4.69, 9.17) is 21.1 Å². The van der Waals surface area contributed by atoms with Crippen LogP contribution in [0.4, 0.5) is 0 Å². The molecule has 1 rings (SSSR count). The van der Waals surface area contributed by atoms with E-state index in [9.17, 15) is 0 Å². The fourth-order valence-corrected chi connectivity index (χ4v) is 2.45. The van der Waals surface area contributed by atoms with Crippen LogP contribution in [0.15, 0.2) is 23.1 Å². The summed E-state index contributed by atoms with van der Waals surface area (Å²) in [6, 6.07) is 6.03. The standard InChI is InChI=1S/C13H19ClO2S/c1-4-15-13(16-5-2)9-17-11-6-7-12(14)10(3)8-11/h6-8,13H,4-5,9H2,1-3H3. The summed E-state index contributed by atoms with van der Waals surface area (Å²) in [6.07, 6.45) is -0.133. The van der Waals surface area contributed by atoms with Gasteiger partial charge in [0, 0.05) is 28.9 Å². The zero-order valence-corrected chi connectivity index (χ0v) is 12.1. The van der Waals surface area contributed by atoms with E-state index in [1.165, 1.54) is 4.90 Å². The molecule has 0 N–H and O–H groups in total. The SMILES string of the molecule is CCOC(CSc1ccc(Cl)c(C)c1)OCC. The van der Waals surface area contributed by atoms with Crippen LogP contribution >= 0.6 is 23.4 Å². The van der Waals surface area contributed by atoms with Gasteiger partial charge < -0.3 is 9.47 Å². The molecule has 0 atom stereocenters. The minimum atomic E-state index is -0.133. The number of rotatable bonds is 7. The van der Waals surface area contributed by atoms with Gasteiger partial charge in [0.25, 0.3) is 0 Å². The average Bonchev–Trinajstić information content (AvgIpc) is 2.31. The van der Waals surface area contributed by atoms with E-state index >= 15 is 0 Å². The molecule has 0 amide bonds. The Morgan fingerprint density at radius 2 is 1.88 bits per heavy atom. The molecule has 0 heterocycles. The Morgan fingerprint density at radius 1 is 1.24 bits per heavy atom. The second-order valence-electron chi connectivity index (χ2n) is 3.56. The van der Waals surface area contributed by atoms with E-state index < -0.39 is 0 Å². The van der Waals surface area contributed by atoms with Crippen molar-refractivity contribution in [3.05, 3.63) is 28.8 Å². The third-order valence-corrected chi connectivity index (χ3v) is 3.67.